The van der Waals surface area contributed by atoms with Crippen molar-refractivity contribution in [1.29, 1.82) is 0 Å². The normalized spacial score (nSPS) is 11.9. The summed E-state index contributed by atoms with van der Waals surface area (Å²) >= 11 is 17.6. The molecule has 0 fully saturated rings. The van der Waals surface area contributed by atoms with Crippen LogP contribution in [-0.2, 0) is 14.8 Å². The Morgan fingerprint density at radius 3 is 2.21 bits per heavy atom. The van der Waals surface area contributed by atoms with Crippen molar-refractivity contribution in [2.75, 3.05) is 0 Å². The van der Waals surface area contributed by atoms with Gasteiger partial charge in [-0.15, -0.1) is 0 Å². The zero-order chi connectivity index (χ0) is 21.1. The number of nitrogens with one attached hydrogen (secondary N) is 1. The predicted octanol–water partition coefficient (Wildman–Crippen LogP) is 4.22. The second-order valence-corrected chi connectivity index (χ2v) is 8.38. The molecule has 0 unspecified atom stereocenters. The molecule has 1 N–H and O–H groups in total. The first-order chi connectivity index (χ1) is 13.0. The Kier molecular flexibility index (Phi) is 7.00. The number of sulfonamides is 1. The molecule has 0 amide bonds. The van der Waals surface area contributed by atoms with E-state index in [1.54, 1.807) is 0 Å². The minimum Gasteiger partial charge on any atom is -0.300 e. The molecule has 0 heterocycles. The number of non-ortho nitro benzene ring substituents is 1. The highest BCUT2D eigenvalue weighted by Crippen LogP contribution is 2.31. The summed E-state index contributed by atoms with van der Waals surface area (Å²) in [5.74, 6) is -0.288. The average Bonchev–Trinajstić information content (AvgIpc) is 2.61. The number of benzene rings is 2. The van der Waals surface area contributed by atoms with Crippen molar-refractivity contribution in [3.8, 4) is 0 Å². The average molecular weight is 465 g/mol. The number of hydrogen-bond acceptors (Lipinski definition) is 6. The van der Waals surface area contributed by atoms with Crippen LogP contribution < -0.4 is 4.83 Å². The lowest BCUT2D eigenvalue weighted by atomic mass is 10.1. The second kappa shape index (κ2) is 8.87. The number of hydrazone groups is 1. The van der Waals surface area contributed by atoms with Crippen molar-refractivity contribution in [3.63, 3.8) is 0 Å². The molecule has 2 rings (SSSR count). The van der Waals surface area contributed by atoms with Gasteiger partial charge in [0.1, 0.15) is 10.7 Å². The van der Waals surface area contributed by atoms with Gasteiger partial charge in [-0.3, -0.25) is 14.9 Å². The van der Waals surface area contributed by atoms with Gasteiger partial charge in [-0.2, -0.15) is 18.4 Å². The molecule has 0 aliphatic carbocycles. The van der Waals surface area contributed by atoms with E-state index in [9.17, 15) is 23.3 Å². The summed E-state index contributed by atoms with van der Waals surface area (Å²) in [5, 5.41) is 14.5. The third-order valence-corrected chi connectivity index (χ3v) is 5.79. The zero-order valence-corrected chi connectivity index (χ0v) is 17.2. The van der Waals surface area contributed by atoms with Crippen molar-refractivity contribution in [2.45, 2.75) is 18.2 Å². The number of carbonyl (C=O) groups excluding carboxylic acids is 1. The van der Waals surface area contributed by atoms with Crippen molar-refractivity contribution in [3.05, 3.63) is 67.1 Å². The van der Waals surface area contributed by atoms with E-state index in [0.717, 1.165) is 6.07 Å². The molecule has 0 bridgehead atoms. The summed E-state index contributed by atoms with van der Waals surface area (Å²) < 4.78 is 25.0. The largest absolute Gasteiger partial charge is 0.300 e. The van der Waals surface area contributed by atoms with E-state index in [1.165, 1.54) is 37.3 Å². The van der Waals surface area contributed by atoms with Gasteiger partial charge in [-0.05, 0) is 36.8 Å². The van der Waals surface area contributed by atoms with Crippen LogP contribution in [0.4, 0.5) is 5.69 Å². The molecule has 0 aliphatic rings. The number of nitrogens with zero attached hydrogens (tertiary/aromatic N) is 2. The molecule has 0 atom stereocenters. The Morgan fingerprint density at radius 2 is 1.68 bits per heavy atom. The Hall–Kier alpha value is -2.20. The van der Waals surface area contributed by atoms with E-state index >= 15 is 0 Å². The van der Waals surface area contributed by atoms with Gasteiger partial charge in [0, 0.05) is 12.1 Å². The van der Waals surface area contributed by atoms with Crippen molar-refractivity contribution < 1.29 is 18.1 Å². The Bertz CT molecular complexity index is 1070. The molecular weight excluding hydrogens is 453 g/mol. The zero-order valence-electron chi connectivity index (χ0n) is 14.1. The van der Waals surface area contributed by atoms with Crippen molar-refractivity contribution in [1.82, 2.24) is 4.83 Å². The van der Waals surface area contributed by atoms with E-state index in [1.807, 2.05) is 4.83 Å². The highest BCUT2D eigenvalue weighted by atomic mass is 35.5. The monoisotopic (exact) mass is 463 g/mol. The van der Waals surface area contributed by atoms with Gasteiger partial charge in [-0.1, -0.05) is 34.8 Å². The van der Waals surface area contributed by atoms with Gasteiger partial charge in [0.05, 0.1) is 32.1 Å². The molecule has 2 aromatic carbocycles. The highest BCUT2D eigenvalue weighted by Gasteiger charge is 2.20. The van der Waals surface area contributed by atoms with Crippen LogP contribution in [-0.4, -0.2) is 24.8 Å². The molecule has 0 aliphatic heterocycles. The quantitative estimate of drug-likeness (QED) is 0.285. The summed E-state index contributed by atoms with van der Waals surface area (Å²) in [5.41, 5.74) is 0.250. The lowest BCUT2D eigenvalue weighted by Crippen LogP contribution is -2.22. The van der Waals surface area contributed by atoms with Crippen LogP contribution in [0.15, 0.2) is 46.4 Å². The molecule has 28 heavy (non-hydrogen) atoms. The van der Waals surface area contributed by atoms with Gasteiger partial charge in [0.15, 0.2) is 0 Å². The van der Waals surface area contributed by atoms with Crippen LogP contribution in [0.25, 0.3) is 0 Å². The van der Waals surface area contributed by atoms with Gasteiger partial charge in [0.25, 0.3) is 15.7 Å². The maximum Gasteiger partial charge on any atom is 0.278 e. The summed E-state index contributed by atoms with van der Waals surface area (Å²) in [6.07, 6.45) is -0.199. The molecule has 0 spiro atoms. The number of rotatable bonds is 7. The Balaban J connectivity index is 2.40. The lowest BCUT2D eigenvalue weighted by molar-refractivity contribution is -0.384. The Morgan fingerprint density at radius 1 is 1.11 bits per heavy atom. The number of Topliss-reactive ketones (excluding diaryl/α,β-unsaturated/α-hetero) is 1. The van der Waals surface area contributed by atoms with Gasteiger partial charge in [-0.25, -0.2) is 0 Å². The minimum absolute atomic E-state index is 0.0188. The standard InChI is InChI=1S/C16H12Cl3N3O5S/c1-9(23)6-15(10-2-4-11(5-3-10)22(24)25)20-21-28(26,27)16-8-13(18)12(17)7-14(16)19/h2-5,7-8,21H,6H2,1H3. The predicted molar refractivity (Wildman–Crippen MR) is 107 cm³/mol. The molecule has 0 aromatic heterocycles. The highest BCUT2D eigenvalue weighted by molar-refractivity contribution is 7.89. The first-order valence-electron chi connectivity index (χ1n) is 7.48. The smallest absolute Gasteiger partial charge is 0.278 e. The second-order valence-electron chi connectivity index (χ2n) is 5.53. The first-order valence-corrected chi connectivity index (χ1v) is 10.1. The number of ketones is 1. The molecule has 0 radical (unpaired) electrons. The van der Waals surface area contributed by atoms with E-state index in [-0.39, 0.29) is 43.6 Å². The molecular formula is C16H12Cl3N3O5S. The minimum atomic E-state index is -4.22. The first kappa shape index (κ1) is 22.1. The molecule has 0 saturated heterocycles. The van der Waals surface area contributed by atoms with E-state index < -0.39 is 14.9 Å². The third kappa shape index (κ3) is 5.41. The molecule has 0 saturated carbocycles. The molecule has 2 aromatic rings. The fourth-order valence-electron chi connectivity index (χ4n) is 2.09. The molecule has 12 heteroatoms. The summed E-state index contributed by atoms with van der Waals surface area (Å²) in [7, 11) is -4.22. The number of carbonyl (C=O) groups is 1. The third-order valence-electron chi connectivity index (χ3n) is 3.39. The number of hydrogen-bond donors (Lipinski definition) is 1. The molecule has 148 valence electrons. The fraction of sp³-hybridized carbons (Fsp3) is 0.125. The summed E-state index contributed by atoms with van der Waals surface area (Å²) in [4.78, 5) is 23.3. The maximum absolute atomic E-state index is 12.5. The lowest BCUT2D eigenvalue weighted by Gasteiger charge is -2.10. The van der Waals surface area contributed by atoms with Crippen LogP contribution in [0.3, 0.4) is 0 Å². The molecule has 8 nitrogen and oxygen atoms in total. The van der Waals surface area contributed by atoms with Crippen LogP contribution in [0, 0.1) is 10.1 Å². The fourth-order valence-corrected chi connectivity index (χ4v) is 3.93. The van der Waals surface area contributed by atoms with Gasteiger partial charge >= 0.3 is 0 Å². The van der Waals surface area contributed by atoms with E-state index in [4.69, 9.17) is 34.8 Å². The van der Waals surface area contributed by atoms with Crippen LogP contribution in [0.5, 0.6) is 0 Å². The van der Waals surface area contributed by atoms with Crippen LogP contribution >= 0.6 is 34.8 Å². The maximum atomic E-state index is 12.5. The SMILES string of the molecule is CC(=O)CC(=NNS(=O)(=O)c1cc(Cl)c(Cl)cc1Cl)c1ccc([N+](=O)[O-])cc1. The van der Waals surface area contributed by atoms with Gasteiger partial charge < -0.3 is 0 Å². The van der Waals surface area contributed by atoms with E-state index in [2.05, 4.69) is 5.10 Å². The summed E-state index contributed by atoms with van der Waals surface area (Å²) in [6, 6.07) is 7.41. The van der Waals surface area contributed by atoms with Crippen LogP contribution in [0.1, 0.15) is 18.9 Å². The number of nitro groups is 1. The van der Waals surface area contributed by atoms with Crippen molar-refractivity contribution in [2.24, 2.45) is 5.10 Å². The van der Waals surface area contributed by atoms with Gasteiger partial charge in [0.2, 0.25) is 0 Å². The van der Waals surface area contributed by atoms with Crippen LogP contribution in [0.2, 0.25) is 15.1 Å². The summed E-state index contributed by atoms with van der Waals surface area (Å²) in [6.45, 7) is 1.30. The van der Waals surface area contributed by atoms with Crippen molar-refractivity contribution >= 4 is 62.0 Å². The topological polar surface area (TPSA) is 119 Å². The number of nitro benzene ring substituents is 1. The Labute approximate surface area is 175 Å². The number of halogens is 3. The van der Waals surface area contributed by atoms with E-state index in [0.29, 0.717) is 5.56 Å².